The zero-order chi connectivity index (χ0) is 19.0. The maximum Gasteiger partial charge on any atom is 0.240 e. The lowest BCUT2D eigenvalue weighted by atomic mass is 10.1. The van der Waals surface area contributed by atoms with Crippen LogP contribution in [0.25, 0.3) is 0 Å². The summed E-state index contributed by atoms with van der Waals surface area (Å²) in [5.74, 6) is 1.35. The fourth-order valence-electron chi connectivity index (χ4n) is 3.38. The van der Waals surface area contributed by atoms with Gasteiger partial charge in [-0.05, 0) is 54.3 Å². The van der Waals surface area contributed by atoms with E-state index in [1.165, 1.54) is 6.92 Å². The van der Waals surface area contributed by atoms with E-state index >= 15 is 0 Å². The van der Waals surface area contributed by atoms with Gasteiger partial charge in [-0.2, -0.15) is 0 Å². The highest BCUT2D eigenvalue weighted by Gasteiger charge is 2.24. The number of amides is 1. The summed E-state index contributed by atoms with van der Waals surface area (Å²) in [5, 5.41) is 0. The fourth-order valence-corrected chi connectivity index (χ4v) is 4.46. The molecule has 2 heterocycles. The van der Waals surface area contributed by atoms with Crippen LogP contribution in [0.1, 0.15) is 18.1 Å². The molecule has 4 rings (SSSR count). The lowest BCUT2D eigenvalue weighted by Crippen LogP contribution is -2.26. The zero-order valence-corrected chi connectivity index (χ0v) is 15.7. The summed E-state index contributed by atoms with van der Waals surface area (Å²) in [4.78, 5) is 13.5. The molecule has 0 spiro atoms. The van der Waals surface area contributed by atoms with Gasteiger partial charge in [-0.3, -0.25) is 4.79 Å². The van der Waals surface area contributed by atoms with E-state index in [1.807, 2.05) is 18.2 Å². The molecule has 2 aliphatic rings. The Balaban J connectivity index is 1.42. The van der Waals surface area contributed by atoms with Gasteiger partial charge in [0.2, 0.25) is 22.7 Å². The maximum absolute atomic E-state index is 12.6. The number of benzene rings is 2. The van der Waals surface area contributed by atoms with E-state index < -0.39 is 10.0 Å². The van der Waals surface area contributed by atoms with Crippen molar-refractivity contribution in [3.05, 3.63) is 47.5 Å². The molecule has 2 aliphatic heterocycles. The lowest BCUT2D eigenvalue weighted by Gasteiger charge is -2.15. The Morgan fingerprint density at radius 2 is 1.96 bits per heavy atom. The monoisotopic (exact) mass is 388 g/mol. The minimum absolute atomic E-state index is 0.0359. The maximum atomic E-state index is 12.6. The lowest BCUT2D eigenvalue weighted by molar-refractivity contribution is -0.116. The average molecular weight is 388 g/mol. The first kappa shape index (κ1) is 17.8. The summed E-state index contributed by atoms with van der Waals surface area (Å²) in [6.45, 7) is 2.59. The van der Waals surface area contributed by atoms with Gasteiger partial charge in [-0.25, -0.2) is 13.1 Å². The van der Waals surface area contributed by atoms with Crippen LogP contribution < -0.4 is 19.1 Å². The number of anilines is 1. The van der Waals surface area contributed by atoms with Crippen LogP contribution in [0.2, 0.25) is 0 Å². The molecule has 1 N–H and O–H groups in total. The number of carbonyl (C=O) groups is 1. The number of hydrogen-bond donors (Lipinski definition) is 1. The third kappa shape index (κ3) is 3.50. The summed E-state index contributed by atoms with van der Waals surface area (Å²) in [6, 6.07) is 10.5. The molecule has 1 amide bonds. The molecule has 2 aromatic carbocycles. The SMILES string of the molecule is CC(=O)N1CCc2cc(S(=O)(=O)NCCc3ccc4c(c3)OCO4)ccc21. The summed E-state index contributed by atoms with van der Waals surface area (Å²) in [7, 11) is -3.61. The average Bonchev–Trinajstić information content (AvgIpc) is 3.27. The van der Waals surface area contributed by atoms with E-state index in [0.29, 0.717) is 30.9 Å². The van der Waals surface area contributed by atoms with Crippen molar-refractivity contribution in [1.29, 1.82) is 0 Å². The number of carbonyl (C=O) groups excluding carboxylic acids is 1. The van der Waals surface area contributed by atoms with E-state index in [0.717, 1.165) is 16.8 Å². The van der Waals surface area contributed by atoms with Crippen molar-refractivity contribution >= 4 is 21.6 Å². The van der Waals surface area contributed by atoms with Crippen LogP contribution in [0.4, 0.5) is 5.69 Å². The molecule has 0 aliphatic carbocycles. The molecule has 7 nitrogen and oxygen atoms in total. The van der Waals surface area contributed by atoms with E-state index in [4.69, 9.17) is 9.47 Å². The Bertz CT molecular complexity index is 1000. The number of rotatable bonds is 5. The van der Waals surface area contributed by atoms with Crippen LogP contribution in [0.3, 0.4) is 0 Å². The van der Waals surface area contributed by atoms with Crippen molar-refractivity contribution in [2.45, 2.75) is 24.7 Å². The molecule has 142 valence electrons. The second-order valence-corrected chi connectivity index (χ2v) is 8.31. The highest BCUT2D eigenvalue weighted by Crippen LogP contribution is 2.33. The van der Waals surface area contributed by atoms with Gasteiger partial charge in [0.25, 0.3) is 0 Å². The Morgan fingerprint density at radius 1 is 1.15 bits per heavy atom. The van der Waals surface area contributed by atoms with Crippen molar-refractivity contribution in [2.75, 3.05) is 24.8 Å². The number of nitrogens with zero attached hydrogens (tertiary/aromatic N) is 1. The normalized spacial score (nSPS) is 15.1. The van der Waals surface area contributed by atoms with E-state index in [1.54, 1.807) is 23.1 Å². The Hall–Kier alpha value is -2.58. The van der Waals surface area contributed by atoms with Crippen LogP contribution in [0, 0.1) is 0 Å². The quantitative estimate of drug-likeness (QED) is 0.845. The third-order valence-electron chi connectivity index (χ3n) is 4.78. The molecule has 0 saturated carbocycles. The smallest absolute Gasteiger partial charge is 0.240 e. The minimum atomic E-state index is -3.61. The van der Waals surface area contributed by atoms with Crippen LogP contribution in [0.15, 0.2) is 41.3 Å². The van der Waals surface area contributed by atoms with Crippen LogP contribution in [-0.2, 0) is 27.7 Å². The number of fused-ring (bicyclic) bond motifs is 2. The van der Waals surface area contributed by atoms with Crippen LogP contribution in [-0.4, -0.2) is 34.2 Å². The van der Waals surface area contributed by atoms with Crippen LogP contribution >= 0.6 is 0 Å². The van der Waals surface area contributed by atoms with Gasteiger partial charge in [-0.1, -0.05) is 6.07 Å². The number of ether oxygens (including phenoxy) is 2. The van der Waals surface area contributed by atoms with Crippen LogP contribution in [0.5, 0.6) is 11.5 Å². The molecule has 0 unspecified atom stereocenters. The Labute approximate surface area is 157 Å². The summed E-state index contributed by atoms with van der Waals surface area (Å²) in [6.07, 6.45) is 1.20. The van der Waals surface area contributed by atoms with E-state index in [9.17, 15) is 13.2 Å². The minimum Gasteiger partial charge on any atom is -0.454 e. The largest absolute Gasteiger partial charge is 0.454 e. The van der Waals surface area contributed by atoms with Gasteiger partial charge < -0.3 is 14.4 Å². The first-order valence-electron chi connectivity index (χ1n) is 8.73. The van der Waals surface area contributed by atoms with Gasteiger partial charge >= 0.3 is 0 Å². The Kier molecular flexibility index (Phi) is 4.53. The second-order valence-electron chi connectivity index (χ2n) is 6.55. The van der Waals surface area contributed by atoms with Crippen molar-refractivity contribution in [1.82, 2.24) is 4.72 Å². The van der Waals surface area contributed by atoms with Gasteiger partial charge in [0.05, 0.1) is 4.90 Å². The van der Waals surface area contributed by atoms with Gasteiger partial charge in [0, 0.05) is 25.7 Å². The standard InChI is InChI=1S/C19H20N2O5S/c1-13(22)21-9-7-15-11-16(3-4-17(15)21)27(23,24)20-8-6-14-2-5-18-19(10-14)26-12-25-18/h2-5,10-11,20H,6-9,12H2,1H3. The van der Waals surface area contributed by atoms with Crippen molar-refractivity contribution in [3.8, 4) is 11.5 Å². The molecule has 0 saturated heterocycles. The van der Waals surface area contributed by atoms with Gasteiger partial charge in [0.1, 0.15) is 0 Å². The highest BCUT2D eigenvalue weighted by molar-refractivity contribution is 7.89. The number of hydrogen-bond acceptors (Lipinski definition) is 5. The molecule has 27 heavy (non-hydrogen) atoms. The van der Waals surface area contributed by atoms with Gasteiger partial charge in [0.15, 0.2) is 11.5 Å². The molecule has 2 aromatic rings. The number of nitrogens with one attached hydrogen (secondary N) is 1. The predicted octanol–water partition coefficient (Wildman–Crippen LogP) is 1.85. The Morgan fingerprint density at radius 3 is 2.78 bits per heavy atom. The van der Waals surface area contributed by atoms with Crippen molar-refractivity contribution < 1.29 is 22.7 Å². The number of sulfonamides is 1. The molecule has 8 heteroatoms. The van der Waals surface area contributed by atoms with Crippen molar-refractivity contribution in [2.24, 2.45) is 0 Å². The van der Waals surface area contributed by atoms with E-state index in [-0.39, 0.29) is 24.1 Å². The third-order valence-corrected chi connectivity index (χ3v) is 6.24. The first-order valence-corrected chi connectivity index (χ1v) is 10.2. The summed E-state index contributed by atoms with van der Waals surface area (Å²) < 4.78 is 38.4. The fraction of sp³-hybridized carbons (Fsp3) is 0.316. The molecule has 0 radical (unpaired) electrons. The summed E-state index contributed by atoms with van der Waals surface area (Å²) >= 11 is 0. The first-order chi connectivity index (χ1) is 12.9. The second kappa shape index (κ2) is 6.86. The van der Waals surface area contributed by atoms with E-state index in [2.05, 4.69) is 4.72 Å². The molecular weight excluding hydrogens is 368 g/mol. The molecule has 0 atom stereocenters. The van der Waals surface area contributed by atoms with Gasteiger partial charge in [-0.15, -0.1) is 0 Å². The molecule has 0 aromatic heterocycles. The summed E-state index contributed by atoms with van der Waals surface area (Å²) in [5.41, 5.74) is 2.64. The molecule has 0 fully saturated rings. The van der Waals surface area contributed by atoms with Crippen molar-refractivity contribution in [3.63, 3.8) is 0 Å². The molecular formula is C19H20N2O5S. The zero-order valence-electron chi connectivity index (χ0n) is 14.9. The predicted molar refractivity (Wildman–Crippen MR) is 99.6 cm³/mol. The molecule has 0 bridgehead atoms. The highest BCUT2D eigenvalue weighted by atomic mass is 32.2. The topological polar surface area (TPSA) is 84.9 Å².